The SMILES string of the molecule is CCc1ccc(C([O-])=C(C(=S)Nc2ccccc2)[n+]2cccc(CO)c2)cc1. The van der Waals surface area contributed by atoms with E-state index in [1.54, 1.807) is 29.1 Å². The first-order valence-electron chi connectivity index (χ1n) is 9.10. The lowest BCUT2D eigenvalue weighted by molar-refractivity contribution is -0.578. The summed E-state index contributed by atoms with van der Waals surface area (Å²) < 4.78 is 1.67. The van der Waals surface area contributed by atoms with Gasteiger partial charge in [-0.3, -0.25) is 0 Å². The zero-order valence-electron chi connectivity index (χ0n) is 15.6. The van der Waals surface area contributed by atoms with Gasteiger partial charge in [0.05, 0.1) is 6.61 Å². The Morgan fingerprint density at radius 1 is 1.00 bits per heavy atom. The Morgan fingerprint density at radius 3 is 2.36 bits per heavy atom. The molecule has 28 heavy (non-hydrogen) atoms. The molecule has 0 saturated carbocycles. The maximum absolute atomic E-state index is 13.3. The topological polar surface area (TPSA) is 59.2 Å². The fourth-order valence-electron chi connectivity index (χ4n) is 2.83. The number of thiocarbonyl (C=S) groups is 1. The van der Waals surface area contributed by atoms with Gasteiger partial charge < -0.3 is 15.5 Å². The number of rotatable bonds is 6. The molecule has 0 radical (unpaired) electrons. The summed E-state index contributed by atoms with van der Waals surface area (Å²) in [6, 6.07) is 20.6. The Balaban J connectivity index is 2.07. The fraction of sp³-hybridized carbons (Fsp3) is 0.130. The van der Waals surface area contributed by atoms with E-state index >= 15 is 0 Å². The molecule has 2 N–H and O–H groups in total. The van der Waals surface area contributed by atoms with Crippen LogP contribution in [0.1, 0.15) is 23.6 Å². The lowest BCUT2D eigenvalue weighted by atomic mass is 10.1. The van der Waals surface area contributed by atoms with E-state index in [1.807, 2.05) is 54.6 Å². The predicted molar refractivity (Wildman–Crippen MR) is 114 cm³/mol. The number of aliphatic hydroxyl groups excluding tert-OH is 1. The number of aliphatic hydroxyl groups is 1. The van der Waals surface area contributed by atoms with Crippen LogP contribution in [0.15, 0.2) is 79.1 Å². The molecule has 0 bridgehead atoms. The van der Waals surface area contributed by atoms with E-state index in [0.29, 0.717) is 21.8 Å². The number of hydrogen-bond acceptors (Lipinski definition) is 3. The minimum absolute atomic E-state index is 0.119. The van der Waals surface area contributed by atoms with Crippen LogP contribution < -0.4 is 15.0 Å². The van der Waals surface area contributed by atoms with Gasteiger partial charge in [-0.25, -0.2) is 0 Å². The van der Waals surface area contributed by atoms with Gasteiger partial charge in [0.25, 0.3) is 0 Å². The van der Waals surface area contributed by atoms with Crippen LogP contribution in [0.5, 0.6) is 0 Å². The molecular weight excluding hydrogens is 368 g/mol. The molecule has 0 saturated heterocycles. The molecule has 1 heterocycles. The first kappa shape index (κ1) is 19.7. The molecule has 0 unspecified atom stereocenters. The number of nitrogens with zero attached hydrogens (tertiary/aromatic N) is 1. The van der Waals surface area contributed by atoms with Crippen LogP contribution in [-0.2, 0) is 13.0 Å². The van der Waals surface area contributed by atoms with Crippen LogP contribution in [0, 0.1) is 0 Å². The molecule has 5 heteroatoms. The molecule has 0 aliphatic carbocycles. The third kappa shape index (κ3) is 4.63. The molecule has 4 nitrogen and oxygen atoms in total. The van der Waals surface area contributed by atoms with Crippen LogP contribution in [0.4, 0.5) is 5.69 Å². The highest BCUT2D eigenvalue weighted by Gasteiger charge is 2.19. The van der Waals surface area contributed by atoms with Crippen molar-refractivity contribution in [3.8, 4) is 0 Å². The quantitative estimate of drug-likeness (QED) is 0.294. The predicted octanol–water partition coefficient (Wildman–Crippen LogP) is 3.15. The van der Waals surface area contributed by atoms with Crippen molar-refractivity contribution in [2.45, 2.75) is 20.0 Å². The molecule has 0 aliphatic rings. The van der Waals surface area contributed by atoms with Crippen molar-refractivity contribution in [2.24, 2.45) is 0 Å². The van der Waals surface area contributed by atoms with Crippen molar-refractivity contribution >= 4 is 34.3 Å². The number of aryl methyl sites for hydroxylation is 1. The highest BCUT2D eigenvalue weighted by molar-refractivity contribution is 7.81. The van der Waals surface area contributed by atoms with Crippen molar-refractivity contribution in [3.05, 3.63) is 95.8 Å². The minimum atomic E-state index is -0.184. The third-order valence-corrected chi connectivity index (χ3v) is 4.68. The molecule has 1 aromatic heterocycles. The van der Waals surface area contributed by atoms with E-state index in [4.69, 9.17) is 12.2 Å². The van der Waals surface area contributed by atoms with E-state index < -0.39 is 0 Å². The van der Waals surface area contributed by atoms with Crippen LogP contribution in [0.3, 0.4) is 0 Å². The Morgan fingerprint density at radius 2 is 1.71 bits per heavy atom. The molecule has 142 valence electrons. The van der Waals surface area contributed by atoms with Gasteiger partial charge in [0.2, 0.25) is 5.70 Å². The van der Waals surface area contributed by atoms with Gasteiger partial charge in [0, 0.05) is 17.3 Å². The van der Waals surface area contributed by atoms with Gasteiger partial charge in [-0.05, 0) is 41.5 Å². The molecular formula is C23H22N2O2S. The first-order valence-corrected chi connectivity index (χ1v) is 9.51. The molecule has 3 aromatic rings. The van der Waals surface area contributed by atoms with Crippen LogP contribution >= 0.6 is 12.2 Å². The lowest BCUT2D eigenvalue weighted by Gasteiger charge is -2.17. The van der Waals surface area contributed by atoms with Gasteiger partial charge in [0.1, 0.15) is 0 Å². The first-order chi connectivity index (χ1) is 13.6. The monoisotopic (exact) mass is 390 g/mol. The molecule has 0 spiro atoms. The second-order valence-electron chi connectivity index (χ2n) is 6.33. The average molecular weight is 391 g/mol. The standard InChI is InChI=1S/C23H22N2O2S/c1-2-17-10-12-19(13-11-17)22(27)21(25-14-6-7-18(15-25)16-26)23(28)24-20-8-4-3-5-9-20/h3-15,26H,2,16H2,1H3,(H-,24,27,28). The summed E-state index contributed by atoms with van der Waals surface area (Å²) in [6.45, 7) is 1.95. The number of aromatic nitrogens is 1. The molecule has 0 fully saturated rings. The maximum atomic E-state index is 13.3. The average Bonchev–Trinajstić information content (AvgIpc) is 2.74. The Bertz CT molecular complexity index is 983. The smallest absolute Gasteiger partial charge is 0.238 e. The molecule has 3 rings (SSSR count). The van der Waals surface area contributed by atoms with Crippen molar-refractivity contribution in [1.29, 1.82) is 0 Å². The van der Waals surface area contributed by atoms with Crippen molar-refractivity contribution in [1.82, 2.24) is 0 Å². The number of hydrogen-bond donors (Lipinski definition) is 2. The zero-order chi connectivity index (χ0) is 19.9. The number of benzene rings is 2. The molecule has 2 aromatic carbocycles. The lowest BCUT2D eigenvalue weighted by Crippen LogP contribution is -2.40. The summed E-state index contributed by atoms with van der Waals surface area (Å²) in [5.74, 6) is -0.184. The second kappa shape index (κ2) is 9.26. The van der Waals surface area contributed by atoms with E-state index in [-0.39, 0.29) is 12.4 Å². The number of para-hydroxylation sites is 1. The van der Waals surface area contributed by atoms with E-state index in [1.165, 1.54) is 0 Å². The fourth-order valence-corrected chi connectivity index (χ4v) is 3.15. The van der Waals surface area contributed by atoms with Crippen LogP contribution in [-0.4, -0.2) is 10.1 Å². The van der Waals surface area contributed by atoms with E-state index in [2.05, 4.69) is 12.2 Å². The van der Waals surface area contributed by atoms with Crippen molar-refractivity contribution in [2.75, 3.05) is 5.32 Å². The Labute approximate surface area is 170 Å². The molecule has 0 amide bonds. The largest absolute Gasteiger partial charge is 0.867 e. The Kier molecular flexibility index (Phi) is 6.53. The minimum Gasteiger partial charge on any atom is -0.867 e. The zero-order valence-corrected chi connectivity index (χ0v) is 16.4. The number of nitrogens with one attached hydrogen (secondary N) is 1. The normalized spacial score (nSPS) is 11.6. The van der Waals surface area contributed by atoms with Gasteiger partial charge in [0.15, 0.2) is 17.4 Å². The summed E-state index contributed by atoms with van der Waals surface area (Å²) in [5.41, 5.74) is 3.55. The summed E-state index contributed by atoms with van der Waals surface area (Å²) in [7, 11) is 0. The number of anilines is 1. The van der Waals surface area contributed by atoms with Crippen molar-refractivity contribution in [3.63, 3.8) is 0 Å². The molecule has 0 aliphatic heterocycles. The summed E-state index contributed by atoms with van der Waals surface area (Å²) in [5, 5.41) is 25.9. The van der Waals surface area contributed by atoms with E-state index in [9.17, 15) is 10.2 Å². The third-order valence-electron chi connectivity index (χ3n) is 4.39. The van der Waals surface area contributed by atoms with Gasteiger partial charge in [-0.1, -0.05) is 61.6 Å². The van der Waals surface area contributed by atoms with Gasteiger partial charge >= 0.3 is 0 Å². The molecule has 0 atom stereocenters. The van der Waals surface area contributed by atoms with E-state index in [0.717, 1.165) is 17.7 Å². The van der Waals surface area contributed by atoms with Gasteiger partial charge in [-0.2, -0.15) is 4.57 Å². The summed E-state index contributed by atoms with van der Waals surface area (Å²) in [6.07, 6.45) is 4.38. The van der Waals surface area contributed by atoms with Crippen LogP contribution in [0.25, 0.3) is 11.5 Å². The number of pyridine rings is 1. The summed E-state index contributed by atoms with van der Waals surface area (Å²) in [4.78, 5) is 0.316. The highest BCUT2D eigenvalue weighted by Crippen LogP contribution is 2.18. The Hall–Kier alpha value is -3.02. The van der Waals surface area contributed by atoms with Crippen LogP contribution in [0.2, 0.25) is 0 Å². The maximum Gasteiger partial charge on any atom is 0.238 e. The second-order valence-corrected chi connectivity index (χ2v) is 6.73. The van der Waals surface area contributed by atoms with Crippen molar-refractivity contribution < 1.29 is 14.8 Å². The summed E-state index contributed by atoms with van der Waals surface area (Å²) >= 11 is 5.59. The highest BCUT2D eigenvalue weighted by atomic mass is 32.1. The van der Waals surface area contributed by atoms with Gasteiger partial charge in [-0.15, -0.1) is 0 Å².